The van der Waals surface area contributed by atoms with Crippen LogP contribution in [-0.4, -0.2) is 29.0 Å². The molecule has 0 aliphatic heterocycles. The van der Waals surface area contributed by atoms with Crippen molar-refractivity contribution in [3.05, 3.63) is 62.0 Å². The molecule has 0 fully saturated rings. The molecule has 2 heterocycles. The first kappa shape index (κ1) is 18.2. The predicted molar refractivity (Wildman–Crippen MR) is 102 cm³/mol. The van der Waals surface area contributed by atoms with Gasteiger partial charge in [-0.15, -0.1) is 22.7 Å². The van der Waals surface area contributed by atoms with Gasteiger partial charge in [0.25, 0.3) is 5.91 Å². The van der Waals surface area contributed by atoms with Gasteiger partial charge >= 0.3 is 5.97 Å². The zero-order chi connectivity index (χ0) is 18.7. The summed E-state index contributed by atoms with van der Waals surface area (Å²) < 4.78 is 4.82. The summed E-state index contributed by atoms with van der Waals surface area (Å²) in [4.78, 5) is 34.4. The standard InChI is InChI=1S/C18H17N3O3S2/c1-10-15(25-11(2)19-10)16(22)21-18-20-14(17(23)24-3)13(26-18)9-12-7-5-4-6-8-12/h4-8H,9H2,1-3H3,(H,20,21,22). The van der Waals surface area contributed by atoms with Gasteiger partial charge in [-0.1, -0.05) is 30.3 Å². The number of benzene rings is 1. The number of ether oxygens (including phenoxy) is 1. The molecule has 1 amide bonds. The summed E-state index contributed by atoms with van der Waals surface area (Å²) in [6.45, 7) is 3.64. The number of esters is 1. The Bertz CT molecular complexity index is 948. The van der Waals surface area contributed by atoms with E-state index in [0.29, 0.717) is 22.1 Å². The molecular formula is C18H17N3O3S2. The third kappa shape index (κ3) is 3.97. The highest BCUT2D eigenvalue weighted by Gasteiger charge is 2.21. The molecule has 0 saturated carbocycles. The van der Waals surface area contributed by atoms with E-state index in [2.05, 4.69) is 15.3 Å². The normalized spacial score (nSPS) is 10.6. The van der Waals surface area contributed by atoms with Crippen LogP contribution in [0.25, 0.3) is 0 Å². The average Bonchev–Trinajstić information content (AvgIpc) is 3.17. The van der Waals surface area contributed by atoms with E-state index in [4.69, 9.17) is 4.74 Å². The molecule has 0 spiro atoms. The molecule has 8 heteroatoms. The summed E-state index contributed by atoms with van der Waals surface area (Å²) in [7, 11) is 1.32. The Labute approximate surface area is 158 Å². The Morgan fingerprint density at radius 2 is 1.85 bits per heavy atom. The fourth-order valence-electron chi connectivity index (χ4n) is 2.46. The molecule has 6 nitrogen and oxygen atoms in total. The maximum Gasteiger partial charge on any atom is 0.357 e. The highest BCUT2D eigenvalue weighted by molar-refractivity contribution is 7.16. The zero-order valence-corrected chi connectivity index (χ0v) is 16.2. The SMILES string of the molecule is COC(=O)c1nc(NC(=O)c2sc(C)nc2C)sc1Cc1ccccc1. The van der Waals surface area contributed by atoms with E-state index in [0.717, 1.165) is 15.4 Å². The van der Waals surface area contributed by atoms with Crippen molar-refractivity contribution in [1.82, 2.24) is 9.97 Å². The van der Waals surface area contributed by atoms with Crippen molar-refractivity contribution in [3.63, 3.8) is 0 Å². The maximum atomic E-state index is 12.5. The molecule has 0 radical (unpaired) electrons. The molecule has 0 atom stereocenters. The largest absolute Gasteiger partial charge is 0.464 e. The Hall–Kier alpha value is -2.58. The lowest BCUT2D eigenvalue weighted by Crippen LogP contribution is -2.12. The van der Waals surface area contributed by atoms with Crippen LogP contribution in [0.1, 0.15) is 41.3 Å². The lowest BCUT2D eigenvalue weighted by Gasteiger charge is -2.00. The number of hydrogen-bond donors (Lipinski definition) is 1. The average molecular weight is 387 g/mol. The Morgan fingerprint density at radius 3 is 2.46 bits per heavy atom. The number of nitrogens with zero attached hydrogens (tertiary/aromatic N) is 2. The van der Waals surface area contributed by atoms with Gasteiger partial charge in [-0.25, -0.2) is 14.8 Å². The first-order chi connectivity index (χ1) is 12.5. The number of aromatic nitrogens is 2. The smallest absolute Gasteiger partial charge is 0.357 e. The second-order valence-corrected chi connectivity index (χ2v) is 7.83. The van der Waals surface area contributed by atoms with Crippen molar-refractivity contribution in [2.75, 3.05) is 12.4 Å². The third-order valence-corrected chi connectivity index (χ3v) is 5.66. The van der Waals surface area contributed by atoms with Crippen molar-refractivity contribution in [2.45, 2.75) is 20.3 Å². The number of nitrogens with one attached hydrogen (secondary N) is 1. The Morgan fingerprint density at radius 1 is 1.12 bits per heavy atom. The van der Waals surface area contributed by atoms with E-state index in [1.807, 2.05) is 37.3 Å². The van der Waals surface area contributed by atoms with E-state index in [1.54, 1.807) is 6.92 Å². The maximum absolute atomic E-state index is 12.5. The third-order valence-electron chi connectivity index (χ3n) is 3.61. The van der Waals surface area contributed by atoms with Gasteiger partial charge in [-0.3, -0.25) is 10.1 Å². The van der Waals surface area contributed by atoms with Crippen LogP contribution in [-0.2, 0) is 11.2 Å². The van der Waals surface area contributed by atoms with Gasteiger partial charge < -0.3 is 4.74 Å². The molecule has 26 heavy (non-hydrogen) atoms. The number of anilines is 1. The van der Waals surface area contributed by atoms with Crippen molar-refractivity contribution < 1.29 is 14.3 Å². The van der Waals surface area contributed by atoms with Gasteiger partial charge in [0.2, 0.25) is 0 Å². The van der Waals surface area contributed by atoms with E-state index >= 15 is 0 Å². The fourth-order valence-corrected chi connectivity index (χ4v) is 4.25. The van der Waals surface area contributed by atoms with Gasteiger partial charge in [0.05, 0.1) is 17.8 Å². The topological polar surface area (TPSA) is 81.2 Å². The minimum atomic E-state index is -0.516. The molecule has 0 saturated heterocycles. The molecule has 3 rings (SSSR count). The van der Waals surface area contributed by atoms with E-state index in [9.17, 15) is 9.59 Å². The number of carbonyl (C=O) groups is 2. The molecule has 0 unspecified atom stereocenters. The summed E-state index contributed by atoms with van der Waals surface area (Å²) in [5.41, 5.74) is 1.96. The number of methoxy groups -OCH3 is 1. The van der Waals surface area contributed by atoms with Crippen LogP contribution in [0.4, 0.5) is 5.13 Å². The second kappa shape index (κ2) is 7.76. The summed E-state index contributed by atoms with van der Waals surface area (Å²) in [5, 5.41) is 3.96. The molecule has 134 valence electrons. The number of carbonyl (C=O) groups excluding carboxylic acids is 2. The van der Waals surface area contributed by atoms with Crippen molar-refractivity contribution in [3.8, 4) is 0 Å². The van der Waals surface area contributed by atoms with Gasteiger partial charge in [-0.2, -0.15) is 0 Å². The second-order valence-electron chi connectivity index (χ2n) is 5.55. The van der Waals surface area contributed by atoms with Crippen LogP contribution < -0.4 is 5.32 Å². The van der Waals surface area contributed by atoms with E-state index < -0.39 is 5.97 Å². The molecule has 0 bridgehead atoms. The van der Waals surface area contributed by atoms with Crippen LogP contribution in [0.5, 0.6) is 0 Å². The minimum Gasteiger partial charge on any atom is -0.464 e. The summed E-state index contributed by atoms with van der Waals surface area (Å²) in [5.74, 6) is -0.790. The van der Waals surface area contributed by atoms with Crippen LogP contribution in [0.3, 0.4) is 0 Å². The van der Waals surface area contributed by atoms with Crippen molar-refractivity contribution >= 4 is 39.7 Å². The molecule has 3 aromatic rings. The van der Waals surface area contributed by atoms with Crippen molar-refractivity contribution in [1.29, 1.82) is 0 Å². The van der Waals surface area contributed by atoms with Gasteiger partial charge in [0.15, 0.2) is 10.8 Å². The number of rotatable bonds is 5. The van der Waals surface area contributed by atoms with Crippen LogP contribution in [0.2, 0.25) is 0 Å². The summed E-state index contributed by atoms with van der Waals surface area (Å²) >= 11 is 2.60. The molecule has 1 N–H and O–H groups in total. The van der Waals surface area contributed by atoms with Gasteiger partial charge in [0.1, 0.15) is 4.88 Å². The molecule has 0 aliphatic rings. The number of aryl methyl sites for hydroxylation is 2. The fraction of sp³-hybridized carbons (Fsp3) is 0.222. The Balaban J connectivity index is 1.87. The highest BCUT2D eigenvalue weighted by Crippen LogP contribution is 2.28. The van der Waals surface area contributed by atoms with E-state index in [-0.39, 0.29) is 11.6 Å². The monoisotopic (exact) mass is 387 g/mol. The predicted octanol–water partition coefficient (Wildman–Crippen LogP) is 3.85. The highest BCUT2D eigenvalue weighted by atomic mass is 32.1. The van der Waals surface area contributed by atoms with Crippen LogP contribution in [0, 0.1) is 13.8 Å². The first-order valence-electron chi connectivity index (χ1n) is 7.85. The number of amides is 1. The molecule has 1 aromatic carbocycles. The zero-order valence-electron chi connectivity index (χ0n) is 14.5. The van der Waals surface area contributed by atoms with Crippen LogP contribution in [0.15, 0.2) is 30.3 Å². The van der Waals surface area contributed by atoms with Gasteiger partial charge in [-0.05, 0) is 19.4 Å². The first-order valence-corrected chi connectivity index (χ1v) is 9.48. The van der Waals surface area contributed by atoms with Crippen molar-refractivity contribution in [2.24, 2.45) is 0 Å². The summed E-state index contributed by atoms with van der Waals surface area (Å²) in [6.07, 6.45) is 0.539. The van der Waals surface area contributed by atoms with E-state index in [1.165, 1.54) is 29.8 Å². The summed E-state index contributed by atoms with van der Waals surface area (Å²) in [6, 6.07) is 9.75. The molecule has 2 aromatic heterocycles. The lowest BCUT2D eigenvalue weighted by molar-refractivity contribution is 0.0593. The quantitative estimate of drug-likeness (QED) is 0.673. The Kier molecular flexibility index (Phi) is 5.43. The molecular weight excluding hydrogens is 370 g/mol. The van der Waals surface area contributed by atoms with Gasteiger partial charge in [0, 0.05) is 11.3 Å². The lowest BCUT2D eigenvalue weighted by atomic mass is 10.1. The number of hydrogen-bond acceptors (Lipinski definition) is 7. The minimum absolute atomic E-state index is 0.230. The van der Waals surface area contributed by atoms with Crippen LogP contribution >= 0.6 is 22.7 Å². The number of thiazole rings is 2. The molecule has 0 aliphatic carbocycles.